The van der Waals surface area contributed by atoms with E-state index in [0.29, 0.717) is 6.42 Å². The Morgan fingerprint density at radius 3 is 2.50 bits per heavy atom. The monoisotopic (exact) mass is 194 g/mol. The summed E-state index contributed by atoms with van der Waals surface area (Å²) in [5.74, 6) is 4.27. The summed E-state index contributed by atoms with van der Waals surface area (Å²) in [5.41, 5.74) is 2.16. The maximum Gasteiger partial charge on any atom is 0.325 e. The molecule has 0 aliphatic rings. The van der Waals surface area contributed by atoms with Crippen LogP contribution >= 0.6 is 0 Å². The summed E-state index contributed by atoms with van der Waals surface area (Å²) in [7, 11) is 0. The molecule has 0 aliphatic heterocycles. The molecule has 0 radical (unpaired) electrons. The van der Waals surface area contributed by atoms with Crippen molar-refractivity contribution in [1.82, 2.24) is 5.43 Å². The number of nitrogens with one attached hydrogen (secondary N) is 1. The van der Waals surface area contributed by atoms with Gasteiger partial charge in [-0.05, 0) is 12.5 Å². The van der Waals surface area contributed by atoms with E-state index in [4.69, 9.17) is 10.9 Å². The van der Waals surface area contributed by atoms with Crippen molar-refractivity contribution in [2.24, 2.45) is 5.84 Å². The Labute approximate surface area is 82.7 Å². The van der Waals surface area contributed by atoms with Crippen molar-refractivity contribution in [2.75, 3.05) is 0 Å². The summed E-state index contributed by atoms with van der Waals surface area (Å²) in [4.78, 5) is 10.9. The minimum absolute atomic E-state index is 0.361. The Morgan fingerprint density at radius 2 is 2.07 bits per heavy atom. The second-order valence-corrected chi connectivity index (χ2v) is 3.44. The zero-order valence-electron chi connectivity index (χ0n) is 8.03. The molecule has 0 amide bonds. The molecule has 76 valence electrons. The summed E-state index contributed by atoms with van der Waals surface area (Å²) >= 11 is 0. The third-order valence-electron chi connectivity index (χ3n) is 2.19. The van der Waals surface area contributed by atoms with E-state index in [9.17, 15) is 4.79 Å². The van der Waals surface area contributed by atoms with Gasteiger partial charge in [0.2, 0.25) is 0 Å². The second kappa shape index (κ2) is 4.21. The summed E-state index contributed by atoms with van der Waals surface area (Å²) in [6.07, 6.45) is 0.361. The fourth-order valence-electron chi connectivity index (χ4n) is 1.19. The van der Waals surface area contributed by atoms with Crippen LogP contribution in [0.1, 0.15) is 12.5 Å². The van der Waals surface area contributed by atoms with Crippen molar-refractivity contribution in [1.29, 1.82) is 0 Å². The van der Waals surface area contributed by atoms with Crippen LogP contribution in [0.5, 0.6) is 0 Å². The van der Waals surface area contributed by atoms with Gasteiger partial charge >= 0.3 is 5.97 Å². The van der Waals surface area contributed by atoms with Gasteiger partial charge in [0, 0.05) is 6.42 Å². The van der Waals surface area contributed by atoms with Gasteiger partial charge in [0.15, 0.2) is 0 Å². The minimum atomic E-state index is -1.11. The SMILES string of the molecule is CC(Cc1ccccc1)(NN)C(=O)O. The number of carbonyl (C=O) groups is 1. The summed E-state index contributed by atoms with van der Waals surface area (Å²) in [6.45, 7) is 1.56. The molecule has 0 aromatic heterocycles. The first-order valence-corrected chi connectivity index (χ1v) is 4.33. The van der Waals surface area contributed by atoms with E-state index in [1.807, 2.05) is 30.3 Å². The van der Waals surface area contributed by atoms with Crippen LogP contribution in [0.25, 0.3) is 0 Å². The Morgan fingerprint density at radius 1 is 1.50 bits per heavy atom. The lowest BCUT2D eigenvalue weighted by Gasteiger charge is -2.23. The molecule has 4 nitrogen and oxygen atoms in total. The van der Waals surface area contributed by atoms with Crippen molar-refractivity contribution in [3.63, 3.8) is 0 Å². The number of hydrogen-bond acceptors (Lipinski definition) is 3. The largest absolute Gasteiger partial charge is 0.480 e. The van der Waals surface area contributed by atoms with Gasteiger partial charge in [-0.15, -0.1) is 0 Å². The van der Waals surface area contributed by atoms with Crippen LogP contribution in [0.2, 0.25) is 0 Å². The molecule has 0 fully saturated rings. The van der Waals surface area contributed by atoms with Crippen molar-refractivity contribution < 1.29 is 9.90 Å². The molecule has 1 atom stereocenters. The normalized spacial score (nSPS) is 14.7. The zero-order valence-corrected chi connectivity index (χ0v) is 8.03. The molecule has 1 aromatic carbocycles. The van der Waals surface area contributed by atoms with E-state index >= 15 is 0 Å². The first kappa shape index (κ1) is 10.7. The number of hydrazine groups is 1. The highest BCUT2D eigenvalue weighted by Gasteiger charge is 2.31. The Balaban J connectivity index is 2.81. The maximum atomic E-state index is 10.9. The van der Waals surface area contributed by atoms with Gasteiger partial charge in [0.25, 0.3) is 0 Å². The third-order valence-corrected chi connectivity index (χ3v) is 2.19. The van der Waals surface area contributed by atoms with Gasteiger partial charge in [-0.1, -0.05) is 30.3 Å². The number of benzene rings is 1. The van der Waals surface area contributed by atoms with Gasteiger partial charge in [0.05, 0.1) is 0 Å². The van der Waals surface area contributed by atoms with E-state index in [2.05, 4.69) is 5.43 Å². The highest BCUT2D eigenvalue weighted by Crippen LogP contribution is 2.12. The predicted molar refractivity (Wildman–Crippen MR) is 53.5 cm³/mol. The number of rotatable bonds is 4. The molecule has 1 aromatic rings. The van der Waals surface area contributed by atoms with Crippen LogP contribution in [-0.2, 0) is 11.2 Å². The summed E-state index contributed by atoms with van der Waals surface area (Å²) in [5, 5.41) is 8.95. The smallest absolute Gasteiger partial charge is 0.325 e. The molecule has 0 spiro atoms. The summed E-state index contributed by atoms with van der Waals surface area (Å²) in [6, 6.07) is 9.37. The zero-order chi connectivity index (χ0) is 10.6. The van der Waals surface area contributed by atoms with Crippen LogP contribution in [0.15, 0.2) is 30.3 Å². The fraction of sp³-hybridized carbons (Fsp3) is 0.300. The Bertz CT molecular complexity index is 313. The van der Waals surface area contributed by atoms with Gasteiger partial charge < -0.3 is 5.11 Å². The standard InChI is InChI=1S/C10H14N2O2/c1-10(12-11,9(13)14)7-8-5-3-2-4-6-8/h2-6,12H,7,11H2,1H3,(H,13,14). The molecule has 14 heavy (non-hydrogen) atoms. The lowest BCUT2D eigenvalue weighted by Crippen LogP contribution is -2.54. The molecule has 4 N–H and O–H groups in total. The predicted octanol–water partition coefficient (Wildman–Crippen LogP) is 0.536. The van der Waals surface area contributed by atoms with Crippen molar-refractivity contribution in [2.45, 2.75) is 18.9 Å². The molecule has 0 aliphatic carbocycles. The van der Waals surface area contributed by atoms with Crippen molar-refractivity contribution in [3.8, 4) is 0 Å². The Hall–Kier alpha value is -1.39. The second-order valence-electron chi connectivity index (χ2n) is 3.44. The first-order chi connectivity index (χ1) is 6.58. The highest BCUT2D eigenvalue weighted by atomic mass is 16.4. The Kier molecular flexibility index (Phi) is 3.22. The number of hydrogen-bond donors (Lipinski definition) is 3. The fourth-order valence-corrected chi connectivity index (χ4v) is 1.19. The van der Waals surface area contributed by atoms with E-state index < -0.39 is 11.5 Å². The molecule has 0 bridgehead atoms. The van der Waals surface area contributed by atoms with Crippen LogP contribution in [-0.4, -0.2) is 16.6 Å². The van der Waals surface area contributed by atoms with E-state index in [1.165, 1.54) is 0 Å². The molecule has 1 rings (SSSR count). The van der Waals surface area contributed by atoms with Gasteiger partial charge in [-0.2, -0.15) is 0 Å². The van der Waals surface area contributed by atoms with E-state index in [1.54, 1.807) is 6.92 Å². The lowest BCUT2D eigenvalue weighted by atomic mass is 9.94. The maximum absolute atomic E-state index is 10.9. The molecular weight excluding hydrogens is 180 g/mol. The summed E-state index contributed by atoms with van der Waals surface area (Å²) < 4.78 is 0. The van der Waals surface area contributed by atoms with E-state index in [-0.39, 0.29) is 0 Å². The average molecular weight is 194 g/mol. The topological polar surface area (TPSA) is 75.3 Å². The number of carboxylic acid groups (broad SMARTS) is 1. The molecule has 1 unspecified atom stereocenters. The third kappa shape index (κ3) is 2.31. The molecule has 0 saturated heterocycles. The van der Waals surface area contributed by atoms with Crippen LogP contribution in [0, 0.1) is 0 Å². The van der Waals surface area contributed by atoms with Crippen molar-refractivity contribution >= 4 is 5.97 Å². The molecule has 4 heteroatoms. The lowest BCUT2D eigenvalue weighted by molar-refractivity contribution is -0.144. The van der Waals surface area contributed by atoms with Gasteiger partial charge in [0.1, 0.15) is 5.54 Å². The number of carboxylic acids is 1. The molecule has 0 saturated carbocycles. The van der Waals surface area contributed by atoms with Crippen LogP contribution in [0.4, 0.5) is 0 Å². The number of aliphatic carboxylic acids is 1. The van der Waals surface area contributed by atoms with Crippen LogP contribution < -0.4 is 11.3 Å². The minimum Gasteiger partial charge on any atom is -0.480 e. The molecule has 0 heterocycles. The highest BCUT2D eigenvalue weighted by molar-refractivity contribution is 5.78. The average Bonchev–Trinajstić information content (AvgIpc) is 2.19. The van der Waals surface area contributed by atoms with E-state index in [0.717, 1.165) is 5.56 Å². The van der Waals surface area contributed by atoms with Gasteiger partial charge in [-0.25, -0.2) is 5.43 Å². The number of nitrogens with two attached hydrogens (primary N) is 1. The van der Waals surface area contributed by atoms with Crippen LogP contribution in [0.3, 0.4) is 0 Å². The van der Waals surface area contributed by atoms with Gasteiger partial charge in [-0.3, -0.25) is 10.6 Å². The van der Waals surface area contributed by atoms with Crippen molar-refractivity contribution in [3.05, 3.63) is 35.9 Å². The molecular formula is C10H14N2O2. The quantitative estimate of drug-likeness (QED) is 0.483. The first-order valence-electron chi connectivity index (χ1n) is 4.33.